The van der Waals surface area contributed by atoms with E-state index in [0.29, 0.717) is 0 Å². The van der Waals surface area contributed by atoms with Gasteiger partial charge in [-0.15, -0.1) is 0 Å². The number of amides is 1. The van der Waals surface area contributed by atoms with Crippen molar-refractivity contribution in [1.29, 1.82) is 0 Å². The van der Waals surface area contributed by atoms with Crippen LogP contribution in [0, 0.1) is 0 Å². The molecule has 2 aromatic rings. The van der Waals surface area contributed by atoms with E-state index < -0.39 is 17.2 Å². The zero-order chi connectivity index (χ0) is 14.7. The Morgan fingerprint density at radius 1 is 1.35 bits per heavy atom. The average molecular weight is 340 g/mol. The average Bonchev–Trinajstić information content (AvgIpc) is 2.39. The lowest BCUT2D eigenvalue weighted by Crippen LogP contribution is -2.33. The lowest BCUT2D eigenvalue weighted by molar-refractivity contribution is -0.116. The number of benzene rings is 1. The number of hydrogen-bond acceptors (Lipinski definition) is 4. The second kappa shape index (κ2) is 5.74. The number of nitrogens with one attached hydrogen (secondary N) is 2. The minimum atomic E-state index is -0.689. The molecule has 20 heavy (non-hydrogen) atoms. The Morgan fingerprint density at radius 2 is 2.05 bits per heavy atom. The molecule has 0 bridgehead atoms. The van der Waals surface area contributed by atoms with Crippen LogP contribution in [0.4, 0.5) is 5.69 Å². The van der Waals surface area contributed by atoms with E-state index in [1.165, 1.54) is 18.3 Å². The summed E-state index contributed by atoms with van der Waals surface area (Å²) in [6, 6.07) is 6.23. The number of phenolic OH excluding ortho intramolecular Hbond substituents is 1. The number of hydrogen-bond donors (Lipinski definition) is 3. The molecule has 0 atom stereocenters. The highest BCUT2D eigenvalue weighted by Gasteiger charge is 2.09. The Morgan fingerprint density at radius 3 is 2.75 bits per heavy atom. The van der Waals surface area contributed by atoms with E-state index in [1.54, 1.807) is 12.1 Å². The first kappa shape index (κ1) is 14.1. The molecule has 2 rings (SSSR count). The van der Waals surface area contributed by atoms with Crippen LogP contribution in [0.2, 0.25) is 0 Å². The van der Waals surface area contributed by atoms with Crippen molar-refractivity contribution in [1.82, 2.24) is 9.55 Å². The van der Waals surface area contributed by atoms with Crippen LogP contribution < -0.4 is 16.6 Å². The Labute approximate surface area is 121 Å². The van der Waals surface area contributed by atoms with Crippen molar-refractivity contribution in [3.8, 4) is 5.75 Å². The van der Waals surface area contributed by atoms with Crippen molar-refractivity contribution in [3.05, 3.63) is 55.8 Å². The summed E-state index contributed by atoms with van der Waals surface area (Å²) < 4.78 is 1.19. The molecule has 104 valence electrons. The van der Waals surface area contributed by atoms with Gasteiger partial charge in [0.15, 0.2) is 0 Å². The maximum Gasteiger partial charge on any atom is 0.328 e. The van der Waals surface area contributed by atoms with Gasteiger partial charge < -0.3 is 10.4 Å². The summed E-state index contributed by atoms with van der Waals surface area (Å²) in [6.07, 6.45) is 1.23. The molecule has 0 unspecified atom stereocenters. The molecule has 0 aliphatic rings. The number of anilines is 1. The standard InChI is InChI=1S/C12H10BrN3O4/c13-7-5-16(12(20)15-11(7)19)6-10(18)14-8-3-1-2-4-9(8)17/h1-5,17H,6H2,(H,14,18)(H,15,19,20). The van der Waals surface area contributed by atoms with Crippen LogP contribution in [0.25, 0.3) is 0 Å². The van der Waals surface area contributed by atoms with Gasteiger partial charge in [0, 0.05) is 6.20 Å². The van der Waals surface area contributed by atoms with Crippen LogP contribution in [-0.2, 0) is 11.3 Å². The smallest absolute Gasteiger partial charge is 0.328 e. The Bertz CT molecular complexity index is 766. The number of rotatable bonds is 3. The van der Waals surface area contributed by atoms with Crippen LogP contribution in [-0.4, -0.2) is 20.6 Å². The molecule has 3 N–H and O–H groups in total. The maximum atomic E-state index is 11.8. The summed E-state index contributed by atoms with van der Waals surface area (Å²) >= 11 is 2.97. The van der Waals surface area contributed by atoms with Crippen molar-refractivity contribution in [2.24, 2.45) is 0 Å². The second-order valence-corrected chi connectivity index (χ2v) is 4.78. The van der Waals surface area contributed by atoms with Gasteiger partial charge in [-0.3, -0.25) is 19.1 Å². The molecule has 8 heteroatoms. The molecule has 0 aliphatic heterocycles. The molecule has 0 fully saturated rings. The SMILES string of the molecule is O=C(Cn1cc(Br)c(=O)[nH]c1=O)Nc1ccccc1O. The number of carbonyl (C=O) groups is 1. The number of para-hydroxylation sites is 2. The zero-order valence-corrected chi connectivity index (χ0v) is 11.7. The van der Waals surface area contributed by atoms with Crippen LogP contribution in [0.15, 0.2) is 44.5 Å². The lowest BCUT2D eigenvalue weighted by Gasteiger charge is -2.08. The highest BCUT2D eigenvalue weighted by atomic mass is 79.9. The molecule has 1 aromatic carbocycles. The third-order valence-electron chi connectivity index (χ3n) is 2.46. The number of halogens is 1. The summed E-state index contributed by atoms with van der Waals surface area (Å²) in [5.74, 6) is -0.580. The van der Waals surface area contributed by atoms with E-state index in [9.17, 15) is 19.5 Å². The fraction of sp³-hybridized carbons (Fsp3) is 0.0833. The fourth-order valence-electron chi connectivity index (χ4n) is 1.52. The Kier molecular flexibility index (Phi) is 4.04. The number of aromatic hydroxyl groups is 1. The number of H-pyrrole nitrogens is 1. The van der Waals surface area contributed by atoms with Gasteiger partial charge in [-0.05, 0) is 28.1 Å². The highest BCUT2D eigenvalue weighted by molar-refractivity contribution is 9.10. The predicted octanol–water partition coefficient (Wildman–Crippen LogP) is 0.643. The van der Waals surface area contributed by atoms with Crippen molar-refractivity contribution in [2.45, 2.75) is 6.54 Å². The first-order valence-corrected chi connectivity index (χ1v) is 6.34. The van der Waals surface area contributed by atoms with Gasteiger partial charge in [-0.25, -0.2) is 4.79 Å². The van der Waals surface area contributed by atoms with E-state index in [2.05, 4.69) is 26.2 Å². The maximum absolute atomic E-state index is 11.8. The molecule has 0 radical (unpaired) electrons. The molecule has 1 amide bonds. The minimum Gasteiger partial charge on any atom is -0.506 e. The van der Waals surface area contributed by atoms with E-state index in [-0.39, 0.29) is 22.5 Å². The summed E-state index contributed by atoms with van der Waals surface area (Å²) in [6.45, 7) is -0.289. The van der Waals surface area contributed by atoms with Gasteiger partial charge in [0.05, 0.1) is 10.2 Å². The third kappa shape index (κ3) is 3.15. The van der Waals surface area contributed by atoms with Gasteiger partial charge in [0.25, 0.3) is 5.56 Å². The number of carbonyl (C=O) groups excluding carboxylic acids is 1. The molecule has 0 aliphatic carbocycles. The first-order valence-electron chi connectivity index (χ1n) is 5.54. The quantitative estimate of drug-likeness (QED) is 0.714. The molecule has 7 nitrogen and oxygen atoms in total. The van der Waals surface area contributed by atoms with E-state index in [4.69, 9.17) is 0 Å². The molecule has 1 heterocycles. The van der Waals surface area contributed by atoms with Crippen LogP contribution >= 0.6 is 15.9 Å². The van der Waals surface area contributed by atoms with Gasteiger partial charge in [0.2, 0.25) is 5.91 Å². The van der Waals surface area contributed by atoms with Crippen molar-refractivity contribution in [2.75, 3.05) is 5.32 Å². The number of nitrogens with zero attached hydrogens (tertiary/aromatic N) is 1. The Balaban J connectivity index is 2.17. The van der Waals surface area contributed by atoms with Gasteiger partial charge in [-0.1, -0.05) is 12.1 Å². The number of phenols is 1. The van der Waals surface area contributed by atoms with Crippen LogP contribution in [0.1, 0.15) is 0 Å². The Hall–Kier alpha value is -2.35. The van der Waals surface area contributed by atoms with Crippen molar-refractivity contribution in [3.63, 3.8) is 0 Å². The summed E-state index contributed by atoms with van der Waals surface area (Å²) in [4.78, 5) is 36.5. The van der Waals surface area contributed by atoms with E-state index in [1.807, 2.05) is 0 Å². The number of aromatic amines is 1. The van der Waals surface area contributed by atoms with Crippen LogP contribution in [0.3, 0.4) is 0 Å². The highest BCUT2D eigenvalue weighted by Crippen LogP contribution is 2.21. The first-order chi connectivity index (χ1) is 9.47. The predicted molar refractivity (Wildman–Crippen MR) is 75.8 cm³/mol. The number of aromatic nitrogens is 2. The molecule has 0 spiro atoms. The zero-order valence-electron chi connectivity index (χ0n) is 10.1. The lowest BCUT2D eigenvalue weighted by atomic mass is 10.3. The monoisotopic (exact) mass is 339 g/mol. The third-order valence-corrected chi connectivity index (χ3v) is 3.02. The van der Waals surface area contributed by atoms with Gasteiger partial charge in [-0.2, -0.15) is 0 Å². The topological polar surface area (TPSA) is 104 Å². The van der Waals surface area contributed by atoms with E-state index >= 15 is 0 Å². The normalized spacial score (nSPS) is 10.2. The summed E-state index contributed by atoms with van der Waals surface area (Å²) in [5, 5.41) is 12.0. The molecular formula is C12H10BrN3O4. The minimum absolute atomic E-state index is 0.0733. The fourth-order valence-corrected chi connectivity index (χ4v) is 1.87. The second-order valence-electron chi connectivity index (χ2n) is 3.93. The summed E-state index contributed by atoms with van der Waals surface area (Å²) in [7, 11) is 0. The molecule has 1 aromatic heterocycles. The molecule has 0 saturated carbocycles. The summed E-state index contributed by atoms with van der Waals surface area (Å²) in [5.41, 5.74) is -1.01. The van der Waals surface area contributed by atoms with Gasteiger partial charge >= 0.3 is 5.69 Å². The van der Waals surface area contributed by atoms with Crippen molar-refractivity contribution < 1.29 is 9.90 Å². The van der Waals surface area contributed by atoms with Gasteiger partial charge in [0.1, 0.15) is 12.3 Å². The molecule has 0 saturated heterocycles. The molecular weight excluding hydrogens is 330 g/mol. The van der Waals surface area contributed by atoms with E-state index in [0.717, 1.165) is 4.57 Å². The van der Waals surface area contributed by atoms with Crippen LogP contribution in [0.5, 0.6) is 5.75 Å². The largest absolute Gasteiger partial charge is 0.506 e. The van der Waals surface area contributed by atoms with Crippen molar-refractivity contribution >= 4 is 27.5 Å².